The number of amides is 1. The predicted molar refractivity (Wildman–Crippen MR) is 154 cm³/mol. The molecule has 12 nitrogen and oxygen atoms in total. The van der Waals surface area contributed by atoms with Crippen molar-refractivity contribution >= 4 is 23.8 Å². The van der Waals surface area contributed by atoms with Gasteiger partial charge in [-0.05, 0) is 19.4 Å². The summed E-state index contributed by atoms with van der Waals surface area (Å²) in [6.45, 7) is 7.11. The van der Waals surface area contributed by atoms with Crippen LogP contribution in [0.5, 0.6) is 0 Å². The van der Waals surface area contributed by atoms with E-state index in [1.165, 1.54) is 38.5 Å². The minimum Gasteiger partial charge on any atom is -0.480 e. The van der Waals surface area contributed by atoms with Gasteiger partial charge in [-0.3, -0.25) is 33.9 Å². The molecule has 0 bridgehead atoms. The molecule has 0 spiro atoms. The lowest BCUT2D eigenvalue weighted by Gasteiger charge is -2.33. The summed E-state index contributed by atoms with van der Waals surface area (Å²) in [5.41, 5.74) is 0. The fraction of sp³-hybridized carbons (Fsp3) is 0.857. The zero-order valence-electron chi connectivity index (χ0n) is 24.5. The number of carbonyl (C=O) groups is 4. The lowest BCUT2D eigenvalue weighted by Crippen LogP contribution is -2.48. The molecule has 0 saturated carbocycles. The van der Waals surface area contributed by atoms with Gasteiger partial charge in [-0.15, -0.1) is 0 Å². The lowest BCUT2D eigenvalue weighted by molar-refractivity contribution is -0.140. The summed E-state index contributed by atoms with van der Waals surface area (Å²) in [7, 11) is 0. The average molecular weight is 572 g/mol. The predicted octanol–water partition coefficient (Wildman–Crippen LogP) is 1.50. The first kappa shape index (κ1) is 35.7. The molecule has 1 rings (SSSR count). The third kappa shape index (κ3) is 20.6. The normalized spacial score (nSPS) is 17.1. The third-order valence-electron chi connectivity index (χ3n) is 7.28. The molecule has 232 valence electrons. The van der Waals surface area contributed by atoms with Gasteiger partial charge < -0.3 is 25.5 Å². The highest BCUT2D eigenvalue weighted by molar-refractivity contribution is 5.72. The largest absolute Gasteiger partial charge is 0.480 e. The van der Waals surface area contributed by atoms with Crippen LogP contribution in [-0.2, 0) is 19.2 Å². The number of hydrogen-bond donors (Lipinski definition) is 4. The first-order valence-electron chi connectivity index (χ1n) is 14.9. The summed E-state index contributed by atoms with van der Waals surface area (Å²) in [4.78, 5) is 52.8. The second kappa shape index (κ2) is 22.4. The Labute approximate surface area is 239 Å². The van der Waals surface area contributed by atoms with Crippen LogP contribution < -0.4 is 5.32 Å². The number of carboxylic acids is 3. The zero-order valence-corrected chi connectivity index (χ0v) is 24.5. The number of aliphatic carboxylic acids is 3. The molecule has 0 aliphatic carbocycles. The Hall–Kier alpha value is -2.28. The van der Waals surface area contributed by atoms with Crippen LogP contribution in [0.25, 0.3) is 0 Å². The van der Waals surface area contributed by atoms with Gasteiger partial charge in [-0.1, -0.05) is 51.4 Å². The van der Waals surface area contributed by atoms with E-state index in [0.29, 0.717) is 52.4 Å². The van der Waals surface area contributed by atoms with E-state index in [1.54, 1.807) is 11.8 Å². The van der Waals surface area contributed by atoms with Gasteiger partial charge in [0.25, 0.3) is 0 Å². The fourth-order valence-electron chi connectivity index (χ4n) is 4.99. The molecule has 0 aromatic carbocycles. The van der Waals surface area contributed by atoms with Crippen LogP contribution in [0.15, 0.2) is 0 Å². The molecule has 0 aromatic heterocycles. The Morgan fingerprint density at radius 3 is 1.12 bits per heavy atom. The Kier molecular flexibility index (Phi) is 20.0. The molecule has 0 unspecified atom stereocenters. The van der Waals surface area contributed by atoms with E-state index in [2.05, 4.69) is 10.2 Å². The van der Waals surface area contributed by atoms with Crippen LogP contribution in [0, 0.1) is 0 Å². The van der Waals surface area contributed by atoms with Gasteiger partial charge in [0, 0.05) is 65.8 Å². The van der Waals surface area contributed by atoms with Gasteiger partial charge in [0.1, 0.15) is 0 Å². The Morgan fingerprint density at radius 1 is 0.500 bits per heavy atom. The first-order valence-corrected chi connectivity index (χ1v) is 14.9. The van der Waals surface area contributed by atoms with Gasteiger partial charge in [0.15, 0.2) is 0 Å². The molecular formula is C28H53N5O7. The first-order chi connectivity index (χ1) is 19.2. The number of hydrogen-bond acceptors (Lipinski definition) is 8. The van der Waals surface area contributed by atoms with E-state index in [-0.39, 0.29) is 25.5 Å². The van der Waals surface area contributed by atoms with Crippen molar-refractivity contribution in [2.75, 3.05) is 85.1 Å². The summed E-state index contributed by atoms with van der Waals surface area (Å²) >= 11 is 0. The van der Waals surface area contributed by atoms with Crippen molar-refractivity contribution in [2.45, 2.75) is 71.1 Å². The SMILES string of the molecule is CC(=O)NCCCCCCCCCCCCN1CCN(CC(=O)O)CCN(CC(=O)O)CCN(CC(=O)O)CC1. The molecule has 1 amide bonds. The quantitative estimate of drug-likeness (QED) is 0.167. The minimum absolute atomic E-state index is 0.0366. The van der Waals surface area contributed by atoms with Crippen LogP contribution in [0.1, 0.15) is 71.1 Å². The van der Waals surface area contributed by atoms with Crippen molar-refractivity contribution in [3.05, 3.63) is 0 Å². The number of nitrogens with one attached hydrogen (secondary N) is 1. The highest BCUT2D eigenvalue weighted by atomic mass is 16.4. The van der Waals surface area contributed by atoms with E-state index < -0.39 is 17.9 Å². The fourth-order valence-corrected chi connectivity index (χ4v) is 4.99. The smallest absolute Gasteiger partial charge is 0.317 e. The second-order valence-corrected chi connectivity index (χ2v) is 10.9. The van der Waals surface area contributed by atoms with Crippen molar-refractivity contribution in [3.8, 4) is 0 Å². The van der Waals surface area contributed by atoms with Gasteiger partial charge >= 0.3 is 17.9 Å². The van der Waals surface area contributed by atoms with Crippen LogP contribution in [0.2, 0.25) is 0 Å². The van der Waals surface area contributed by atoms with Crippen LogP contribution in [0.3, 0.4) is 0 Å². The Bertz CT molecular complexity index is 708. The van der Waals surface area contributed by atoms with E-state index in [4.69, 9.17) is 0 Å². The van der Waals surface area contributed by atoms with E-state index in [0.717, 1.165) is 38.8 Å². The summed E-state index contributed by atoms with van der Waals surface area (Å²) in [6, 6.07) is 0. The molecule has 12 heteroatoms. The highest BCUT2D eigenvalue weighted by Gasteiger charge is 2.20. The van der Waals surface area contributed by atoms with Crippen molar-refractivity contribution in [1.29, 1.82) is 0 Å². The zero-order chi connectivity index (χ0) is 29.6. The molecule has 1 aliphatic rings. The van der Waals surface area contributed by atoms with E-state index in [1.807, 2.05) is 9.80 Å². The lowest BCUT2D eigenvalue weighted by atomic mass is 10.1. The number of nitrogens with zero attached hydrogens (tertiary/aromatic N) is 4. The molecular weight excluding hydrogens is 518 g/mol. The van der Waals surface area contributed by atoms with Crippen LogP contribution >= 0.6 is 0 Å². The van der Waals surface area contributed by atoms with Gasteiger partial charge in [0.05, 0.1) is 19.6 Å². The average Bonchev–Trinajstić information content (AvgIpc) is 2.86. The number of rotatable bonds is 19. The Balaban J connectivity index is 2.46. The van der Waals surface area contributed by atoms with Crippen molar-refractivity contribution < 1.29 is 34.5 Å². The maximum atomic E-state index is 11.4. The highest BCUT2D eigenvalue weighted by Crippen LogP contribution is 2.11. The summed E-state index contributed by atoms with van der Waals surface area (Å²) < 4.78 is 0. The molecule has 1 aliphatic heterocycles. The maximum absolute atomic E-state index is 11.4. The van der Waals surface area contributed by atoms with Crippen molar-refractivity contribution in [1.82, 2.24) is 24.9 Å². The molecule has 0 atom stereocenters. The number of unbranched alkanes of at least 4 members (excludes halogenated alkanes) is 9. The van der Waals surface area contributed by atoms with Gasteiger partial charge in [-0.25, -0.2) is 0 Å². The van der Waals surface area contributed by atoms with Crippen LogP contribution in [0.4, 0.5) is 0 Å². The number of carbonyl (C=O) groups excluding carboxylic acids is 1. The summed E-state index contributed by atoms with van der Waals surface area (Å²) in [5.74, 6) is -2.72. The molecule has 1 fully saturated rings. The minimum atomic E-state index is -0.955. The van der Waals surface area contributed by atoms with E-state index >= 15 is 0 Å². The van der Waals surface area contributed by atoms with E-state index in [9.17, 15) is 34.5 Å². The van der Waals surface area contributed by atoms with Gasteiger partial charge in [-0.2, -0.15) is 0 Å². The topological polar surface area (TPSA) is 154 Å². The Morgan fingerprint density at radius 2 is 0.800 bits per heavy atom. The molecule has 1 saturated heterocycles. The molecule has 0 aromatic rings. The molecule has 1 heterocycles. The molecule has 40 heavy (non-hydrogen) atoms. The molecule has 0 radical (unpaired) electrons. The standard InChI is InChI=1S/C28H53N5O7/c1-25(34)29-12-10-8-6-4-2-3-5-7-9-11-13-30-14-16-31(22-26(35)36)18-20-33(24-28(39)40)21-19-32(17-15-30)23-27(37)38/h2-24H2,1H3,(H,29,34)(H,35,36)(H,37,38)(H,39,40). The monoisotopic (exact) mass is 571 g/mol. The van der Waals surface area contributed by atoms with Crippen molar-refractivity contribution in [2.24, 2.45) is 0 Å². The third-order valence-corrected chi connectivity index (χ3v) is 7.28. The maximum Gasteiger partial charge on any atom is 0.317 e. The second-order valence-electron chi connectivity index (χ2n) is 10.9. The van der Waals surface area contributed by atoms with Crippen molar-refractivity contribution in [3.63, 3.8) is 0 Å². The van der Waals surface area contributed by atoms with Crippen LogP contribution in [-0.4, -0.2) is 144 Å². The van der Waals surface area contributed by atoms with Gasteiger partial charge in [0.2, 0.25) is 5.91 Å². The summed E-state index contributed by atoms with van der Waals surface area (Å²) in [5, 5.41) is 30.8. The number of carboxylic acid groups (broad SMARTS) is 3. The summed E-state index contributed by atoms with van der Waals surface area (Å²) in [6.07, 6.45) is 11.7. The molecule has 4 N–H and O–H groups in total.